The molecule has 6 nitrogen and oxygen atoms in total. The quantitative estimate of drug-likeness (QED) is 0.392. The topological polar surface area (TPSA) is 101 Å². The first-order valence-electron chi connectivity index (χ1n) is 5.42. The lowest BCUT2D eigenvalue weighted by Crippen LogP contribution is -2.06. The van der Waals surface area contributed by atoms with Gasteiger partial charge >= 0.3 is 5.69 Å². The lowest BCUT2D eigenvalue weighted by Gasteiger charge is -2.07. The molecule has 0 aromatic heterocycles. The van der Waals surface area contributed by atoms with E-state index in [1.54, 1.807) is 18.2 Å². The molecule has 0 spiro atoms. The van der Waals surface area contributed by atoms with Crippen molar-refractivity contribution in [1.82, 2.24) is 0 Å². The molecule has 0 fully saturated rings. The number of hydrogen-bond acceptors (Lipinski definition) is 5. The zero-order valence-electron chi connectivity index (χ0n) is 9.91. The lowest BCUT2D eigenvalue weighted by molar-refractivity contribution is -0.386. The fourth-order valence-corrected chi connectivity index (χ4v) is 2.02. The van der Waals surface area contributed by atoms with Gasteiger partial charge in [0.15, 0.2) is 5.75 Å². The average Bonchev–Trinajstić information content (AvgIpc) is 2.42. The molecular formula is C13H8ClNO5. The van der Waals surface area contributed by atoms with Crippen molar-refractivity contribution in [1.29, 1.82) is 0 Å². The number of halogens is 1. The summed E-state index contributed by atoms with van der Waals surface area (Å²) in [6, 6.07) is 8.68. The van der Waals surface area contributed by atoms with Crippen molar-refractivity contribution >= 4 is 23.1 Å². The summed E-state index contributed by atoms with van der Waals surface area (Å²) in [4.78, 5) is 22.3. The van der Waals surface area contributed by atoms with Crippen molar-refractivity contribution in [3.05, 3.63) is 62.7 Å². The van der Waals surface area contributed by atoms with Crippen molar-refractivity contribution in [3.8, 4) is 11.5 Å². The van der Waals surface area contributed by atoms with Crippen molar-refractivity contribution in [2.24, 2.45) is 0 Å². The van der Waals surface area contributed by atoms with Gasteiger partial charge in [-0.15, -0.1) is 0 Å². The maximum Gasteiger partial charge on any atom is 0.327 e. The molecule has 0 aliphatic rings. The number of nitrogens with zero attached hydrogens (tertiary/aromatic N) is 1. The molecule has 0 bridgehead atoms. The predicted octanol–water partition coefficient (Wildman–Crippen LogP) is 2.89. The Kier molecular flexibility index (Phi) is 3.58. The minimum Gasteiger partial charge on any atom is -0.504 e. The molecule has 2 aromatic rings. The average molecular weight is 294 g/mol. The number of rotatable bonds is 3. The molecule has 2 aromatic carbocycles. The summed E-state index contributed by atoms with van der Waals surface area (Å²) in [5, 5.41) is 29.6. The molecule has 0 atom stereocenters. The third kappa shape index (κ3) is 2.28. The number of phenols is 2. The molecule has 0 amide bonds. The number of carbonyl (C=O) groups is 1. The van der Waals surface area contributed by atoms with Crippen LogP contribution in [0.4, 0.5) is 5.69 Å². The maximum atomic E-state index is 12.3. The molecule has 2 N–H and O–H groups in total. The van der Waals surface area contributed by atoms with Crippen molar-refractivity contribution in [2.75, 3.05) is 0 Å². The number of aromatic hydroxyl groups is 2. The first kappa shape index (κ1) is 13.8. The number of benzene rings is 2. The van der Waals surface area contributed by atoms with E-state index in [4.69, 9.17) is 11.6 Å². The van der Waals surface area contributed by atoms with Crippen LogP contribution in [0.15, 0.2) is 36.4 Å². The zero-order chi connectivity index (χ0) is 14.9. The predicted molar refractivity (Wildman–Crippen MR) is 71.3 cm³/mol. The van der Waals surface area contributed by atoms with Gasteiger partial charge in [-0.2, -0.15) is 0 Å². The molecule has 0 heterocycles. The third-order valence-electron chi connectivity index (χ3n) is 2.65. The van der Waals surface area contributed by atoms with E-state index in [0.29, 0.717) is 0 Å². The highest BCUT2D eigenvalue weighted by Crippen LogP contribution is 2.42. The molecule has 20 heavy (non-hydrogen) atoms. The van der Waals surface area contributed by atoms with Gasteiger partial charge in [0.05, 0.1) is 9.95 Å². The highest BCUT2D eigenvalue weighted by molar-refractivity contribution is 6.36. The Morgan fingerprint density at radius 2 is 1.80 bits per heavy atom. The lowest BCUT2D eigenvalue weighted by atomic mass is 10.0. The van der Waals surface area contributed by atoms with Gasteiger partial charge in [-0.25, -0.2) is 0 Å². The third-order valence-corrected chi connectivity index (χ3v) is 2.95. The maximum absolute atomic E-state index is 12.3. The van der Waals surface area contributed by atoms with Crippen LogP contribution in [-0.2, 0) is 0 Å². The zero-order valence-corrected chi connectivity index (χ0v) is 10.7. The SMILES string of the molecule is O=C(c1ccccc1)c1c(Cl)cc(O)c(O)c1[N+](=O)[O-]. The second kappa shape index (κ2) is 5.18. The minimum absolute atomic E-state index is 0.183. The summed E-state index contributed by atoms with van der Waals surface area (Å²) in [7, 11) is 0. The van der Waals surface area contributed by atoms with Crippen LogP contribution in [0.5, 0.6) is 11.5 Å². The molecule has 2 rings (SSSR count). The van der Waals surface area contributed by atoms with Crippen molar-refractivity contribution < 1.29 is 19.9 Å². The van der Waals surface area contributed by atoms with E-state index < -0.39 is 33.5 Å². The Morgan fingerprint density at radius 3 is 2.35 bits per heavy atom. The molecule has 0 unspecified atom stereocenters. The van der Waals surface area contributed by atoms with Crippen LogP contribution in [-0.4, -0.2) is 20.9 Å². The molecule has 0 aliphatic carbocycles. The van der Waals surface area contributed by atoms with E-state index in [1.165, 1.54) is 12.1 Å². The van der Waals surface area contributed by atoms with Crippen LogP contribution in [0.2, 0.25) is 5.02 Å². The standard InChI is InChI=1S/C13H8ClNO5/c14-8-6-9(16)13(18)11(15(19)20)10(8)12(17)7-4-2-1-3-5-7/h1-6,16,18H. The molecule has 102 valence electrons. The van der Waals surface area contributed by atoms with Gasteiger partial charge in [-0.05, 0) is 0 Å². The Morgan fingerprint density at radius 1 is 1.20 bits per heavy atom. The first-order chi connectivity index (χ1) is 9.43. The smallest absolute Gasteiger partial charge is 0.327 e. The van der Waals surface area contributed by atoms with E-state index in [2.05, 4.69) is 0 Å². The number of ketones is 1. The normalized spacial score (nSPS) is 10.2. The highest BCUT2D eigenvalue weighted by atomic mass is 35.5. The second-order valence-electron chi connectivity index (χ2n) is 3.90. The van der Waals surface area contributed by atoms with Gasteiger partial charge in [-0.3, -0.25) is 14.9 Å². The molecule has 7 heteroatoms. The van der Waals surface area contributed by atoms with Gasteiger partial charge < -0.3 is 10.2 Å². The monoisotopic (exact) mass is 293 g/mol. The second-order valence-corrected chi connectivity index (χ2v) is 4.31. The largest absolute Gasteiger partial charge is 0.504 e. The van der Waals surface area contributed by atoms with Gasteiger partial charge in [0.1, 0.15) is 5.56 Å². The summed E-state index contributed by atoms with van der Waals surface area (Å²) in [6.45, 7) is 0. The van der Waals surface area contributed by atoms with Crippen LogP contribution < -0.4 is 0 Å². The number of carbonyl (C=O) groups excluding carboxylic acids is 1. The molecule has 0 saturated heterocycles. The van der Waals surface area contributed by atoms with Crippen LogP contribution in [0.3, 0.4) is 0 Å². The Bertz CT molecular complexity index is 700. The van der Waals surface area contributed by atoms with Crippen LogP contribution in [0, 0.1) is 10.1 Å². The summed E-state index contributed by atoms with van der Waals surface area (Å²) >= 11 is 5.80. The fourth-order valence-electron chi connectivity index (χ4n) is 1.74. The summed E-state index contributed by atoms with van der Waals surface area (Å²) < 4.78 is 0. The Balaban J connectivity index is 2.71. The van der Waals surface area contributed by atoms with Crippen LogP contribution >= 0.6 is 11.6 Å². The van der Waals surface area contributed by atoms with Crippen LogP contribution in [0.25, 0.3) is 0 Å². The highest BCUT2D eigenvalue weighted by Gasteiger charge is 2.31. The van der Waals surface area contributed by atoms with E-state index >= 15 is 0 Å². The molecule has 0 saturated carbocycles. The minimum atomic E-state index is -0.987. The first-order valence-corrected chi connectivity index (χ1v) is 5.80. The van der Waals surface area contributed by atoms with E-state index in [9.17, 15) is 25.1 Å². The number of phenolic OH excluding ortho intramolecular Hbond substituents is 2. The Labute approximate surface area is 118 Å². The van der Waals surface area contributed by atoms with Gasteiger partial charge in [0.2, 0.25) is 11.5 Å². The Hall–Kier alpha value is -2.60. The van der Waals surface area contributed by atoms with E-state index in [-0.39, 0.29) is 10.6 Å². The summed E-state index contributed by atoms with van der Waals surface area (Å²) in [6.07, 6.45) is 0. The van der Waals surface area contributed by atoms with Crippen molar-refractivity contribution in [3.63, 3.8) is 0 Å². The number of hydrogen-bond donors (Lipinski definition) is 2. The van der Waals surface area contributed by atoms with Gasteiger partial charge in [0.25, 0.3) is 0 Å². The summed E-state index contributed by atoms with van der Waals surface area (Å²) in [5.41, 5.74) is -1.19. The van der Waals surface area contributed by atoms with Gasteiger partial charge in [-0.1, -0.05) is 41.9 Å². The number of nitro benzene ring substituents is 1. The van der Waals surface area contributed by atoms with Crippen LogP contribution in [0.1, 0.15) is 15.9 Å². The number of nitro groups is 1. The van der Waals surface area contributed by atoms with E-state index in [1.807, 2.05) is 0 Å². The van der Waals surface area contributed by atoms with E-state index in [0.717, 1.165) is 6.07 Å². The van der Waals surface area contributed by atoms with Crippen molar-refractivity contribution in [2.45, 2.75) is 0 Å². The molecule has 0 aliphatic heterocycles. The summed E-state index contributed by atoms with van der Waals surface area (Å²) in [5.74, 6) is -2.46. The molecular weight excluding hydrogens is 286 g/mol. The fraction of sp³-hybridized carbons (Fsp3) is 0. The molecule has 0 radical (unpaired) electrons. The van der Waals surface area contributed by atoms with Gasteiger partial charge in [0, 0.05) is 11.6 Å².